The number of fused-ring (bicyclic) bond motifs is 2. The molecule has 2 unspecified atom stereocenters. The van der Waals surface area contributed by atoms with E-state index in [1.54, 1.807) is 0 Å². The Hall–Kier alpha value is -2.57. The third-order valence-corrected chi connectivity index (χ3v) is 4.83. The number of hydrazine groups is 1. The maximum absolute atomic E-state index is 12.1. The second-order valence-corrected chi connectivity index (χ2v) is 6.27. The molecule has 2 heterocycles. The number of nitrogens with zero attached hydrogens (tertiary/aromatic N) is 1. The summed E-state index contributed by atoms with van der Waals surface area (Å²) in [6.45, 7) is 1.49. The highest BCUT2D eigenvalue weighted by molar-refractivity contribution is 5.81. The molecule has 2 aliphatic rings. The molecule has 2 aliphatic heterocycles. The van der Waals surface area contributed by atoms with Crippen molar-refractivity contribution in [3.05, 3.63) is 60.2 Å². The number of carbonyl (C=O) groups is 1. The minimum absolute atomic E-state index is 0.302. The molecule has 1 spiro atoms. The molecule has 2 atom stereocenters. The molecule has 6 nitrogen and oxygen atoms in total. The van der Waals surface area contributed by atoms with Crippen molar-refractivity contribution in [2.75, 3.05) is 18.1 Å². The first-order valence-electron chi connectivity index (χ1n) is 8.03. The SMILES string of the molecule is NNC(=O)C1CC2(CN(c3ccccc3)CN2)c2ccccc2O1. The molecule has 2 aromatic rings. The Labute approximate surface area is 140 Å². The first kappa shape index (κ1) is 15.0. The summed E-state index contributed by atoms with van der Waals surface area (Å²) in [6.07, 6.45) is -0.0655. The molecule has 0 aromatic heterocycles. The topological polar surface area (TPSA) is 79.6 Å². The van der Waals surface area contributed by atoms with Gasteiger partial charge in [-0.15, -0.1) is 0 Å². The summed E-state index contributed by atoms with van der Waals surface area (Å²) in [6, 6.07) is 18.1. The summed E-state index contributed by atoms with van der Waals surface area (Å²) >= 11 is 0. The molecule has 4 rings (SSSR count). The van der Waals surface area contributed by atoms with Gasteiger partial charge in [0.15, 0.2) is 6.10 Å². The number of anilines is 1. The number of hydrogen-bond donors (Lipinski definition) is 3. The number of hydrogen-bond acceptors (Lipinski definition) is 5. The van der Waals surface area contributed by atoms with Gasteiger partial charge in [-0.1, -0.05) is 36.4 Å². The zero-order chi connectivity index (χ0) is 16.6. The Morgan fingerprint density at radius 1 is 1.21 bits per heavy atom. The Bertz CT molecular complexity index is 752. The summed E-state index contributed by atoms with van der Waals surface area (Å²) in [5.74, 6) is 5.75. The van der Waals surface area contributed by atoms with Crippen molar-refractivity contribution >= 4 is 11.6 Å². The number of para-hydroxylation sites is 2. The number of nitrogens with two attached hydrogens (primary N) is 1. The molecule has 0 saturated carbocycles. The number of amides is 1. The van der Waals surface area contributed by atoms with E-state index in [4.69, 9.17) is 10.6 Å². The van der Waals surface area contributed by atoms with Gasteiger partial charge in [-0.25, -0.2) is 5.84 Å². The standard InChI is InChI=1S/C18H20N4O2/c19-21-17(23)16-10-18(14-8-4-5-9-15(14)24-16)11-22(12-20-18)13-6-2-1-3-7-13/h1-9,16,20H,10-12,19H2,(H,21,23). The molecular weight excluding hydrogens is 304 g/mol. The molecule has 4 N–H and O–H groups in total. The fourth-order valence-corrected chi connectivity index (χ4v) is 3.65. The van der Waals surface area contributed by atoms with E-state index in [0.29, 0.717) is 6.42 Å². The van der Waals surface area contributed by atoms with Crippen molar-refractivity contribution in [2.24, 2.45) is 5.84 Å². The third-order valence-electron chi connectivity index (χ3n) is 4.83. The molecular formula is C18H20N4O2. The van der Waals surface area contributed by atoms with Crippen molar-refractivity contribution in [3.63, 3.8) is 0 Å². The van der Waals surface area contributed by atoms with Crippen molar-refractivity contribution < 1.29 is 9.53 Å². The lowest BCUT2D eigenvalue weighted by molar-refractivity contribution is -0.129. The molecule has 1 amide bonds. The van der Waals surface area contributed by atoms with Gasteiger partial charge in [0.05, 0.1) is 12.2 Å². The van der Waals surface area contributed by atoms with Crippen LogP contribution in [0, 0.1) is 0 Å². The Balaban J connectivity index is 1.69. The fourth-order valence-electron chi connectivity index (χ4n) is 3.65. The molecule has 2 aromatic carbocycles. The lowest BCUT2D eigenvalue weighted by Crippen LogP contribution is -2.53. The van der Waals surface area contributed by atoms with E-state index >= 15 is 0 Å². The first-order chi connectivity index (χ1) is 11.7. The minimum Gasteiger partial charge on any atom is -0.480 e. The van der Waals surface area contributed by atoms with Crippen LogP contribution in [0.3, 0.4) is 0 Å². The van der Waals surface area contributed by atoms with Gasteiger partial charge in [0.25, 0.3) is 5.91 Å². The van der Waals surface area contributed by atoms with Crippen LogP contribution in [0.4, 0.5) is 5.69 Å². The average molecular weight is 324 g/mol. The van der Waals surface area contributed by atoms with Crippen LogP contribution in [0.15, 0.2) is 54.6 Å². The lowest BCUT2D eigenvalue weighted by Gasteiger charge is -2.39. The van der Waals surface area contributed by atoms with Crippen LogP contribution >= 0.6 is 0 Å². The third kappa shape index (κ3) is 2.40. The van der Waals surface area contributed by atoms with Gasteiger partial charge in [-0.3, -0.25) is 15.5 Å². The molecule has 1 saturated heterocycles. The molecule has 124 valence electrons. The second kappa shape index (κ2) is 5.81. The zero-order valence-corrected chi connectivity index (χ0v) is 13.2. The van der Waals surface area contributed by atoms with Crippen LogP contribution in [0.2, 0.25) is 0 Å². The van der Waals surface area contributed by atoms with Crippen molar-refractivity contribution in [3.8, 4) is 5.75 Å². The number of rotatable bonds is 2. The monoisotopic (exact) mass is 324 g/mol. The van der Waals surface area contributed by atoms with Crippen LogP contribution in [0.5, 0.6) is 5.75 Å². The predicted molar refractivity (Wildman–Crippen MR) is 91.3 cm³/mol. The van der Waals surface area contributed by atoms with E-state index < -0.39 is 6.10 Å². The van der Waals surface area contributed by atoms with Gasteiger partial charge in [-0.2, -0.15) is 0 Å². The van der Waals surface area contributed by atoms with Crippen molar-refractivity contribution in [2.45, 2.75) is 18.1 Å². The highest BCUT2D eigenvalue weighted by Gasteiger charge is 2.47. The summed E-state index contributed by atoms with van der Waals surface area (Å²) in [7, 11) is 0. The molecule has 1 fully saturated rings. The maximum Gasteiger partial charge on any atom is 0.275 e. The highest BCUT2D eigenvalue weighted by Crippen LogP contribution is 2.42. The van der Waals surface area contributed by atoms with Crippen LogP contribution in [-0.2, 0) is 10.3 Å². The zero-order valence-electron chi connectivity index (χ0n) is 13.2. The maximum atomic E-state index is 12.1. The van der Waals surface area contributed by atoms with Crippen LogP contribution in [-0.4, -0.2) is 25.2 Å². The second-order valence-electron chi connectivity index (χ2n) is 6.27. The van der Waals surface area contributed by atoms with Crippen LogP contribution in [0.25, 0.3) is 0 Å². The number of benzene rings is 2. The van der Waals surface area contributed by atoms with Crippen LogP contribution in [0.1, 0.15) is 12.0 Å². The van der Waals surface area contributed by atoms with E-state index in [-0.39, 0.29) is 11.4 Å². The van der Waals surface area contributed by atoms with E-state index in [1.165, 1.54) is 0 Å². The normalized spacial score (nSPS) is 25.2. The fraction of sp³-hybridized carbons (Fsp3) is 0.278. The highest BCUT2D eigenvalue weighted by atomic mass is 16.5. The largest absolute Gasteiger partial charge is 0.480 e. The molecule has 0 aliphatic carbocycles. The minimum atomic E-state index is -0.604. The molecule has 0 radical (unpaired) electrons. The van der Waals surface area contributed by atoms with Gasteiger partial charge in [-0.05, 0) is 18.2 Å². The van der Waals surface area contributed by atoms with Gasteiger partial charge in [0, 0.05) is 24.2 Å². The summed E-state index contributed by atoms with van der Waals surface area (Å²) in [5.41, 5.74) is 4.12. The molecule has 24 heavy (non-hydrogen) atoms. The van der Waals surface area contributed by atoms with E-state index in [1.807, 2.05) is 36.4 Å². The quantitative estimate of drug-likeness (QED) is 0.438. The first-order valence-corrected chi connectivity index (χ1v) is 8.03. The van der Waals surface area contributed by atoms with Gasteiger partial charge >= 0.3 is 0 Å². The Kier molecular flexibility index (Phi) is 3.63. The molecule has 6 heteroatoms. The summed E-state index contributed by atoms with van der Waals surface area (Å²) in [4.78, 5) is 14.3. The van der Waals surface area contributed by atoms with Gasteiger partial charge in [0.2, 0.25) is 0 Å². The Morgan fingerprint density at radius 3 is 2.75 bits per heavy atom. The van der Waals surface area contributed by atoms with Gasteiger partial charge < -0.3 is 9.64 Å². The van der Waals surface area contributed by atoms with E-state index in [0.717, 1.165) is 30.2 Å². The number of nitrogens with one attached hydrogen (secondary N) is 2. The van der Waals surface area contributed by atoms with Crippen molar-refractivity contribution in [1.29, 1.82) is 0 Å². The summed E-state index contributed by atoms with van der Waals surface area (Å²) < 4.78 is 5.86. The Morgan fingerprint density at radius 2 is 1.96 bits per heavy atom. The van der Waals surface area contributed by atoms with E-state index in [2.05, 4.69) is 33.8 Å². The summed E-state index contributed by atoms with van der Waals surface area (Å²) in [5, 5.41) is 3.61. The van der Waals surface area contributed by atoms with E-state index in [9.17, 15) is 4.79 Å². The predicted octanol–water partition coefficient (Wildman–Crippen LogP) is 1.09. The average Bonchev–Trinajstić information content (AvgIpc) is 3.06. The smallest absolute Gasteiger partial charge is 0.275 e. The number of carbonyl (C=O) groups excluding carboxylic acids is 1. The van der Waals surface area contributed by atoms with Crippen LogP contribution < -0.4 is 26.2 Å². The van der Waals surface area contributed by atoms with Crippen molar-refractivity contribution in [1.82, 2.24) is 10.7 Å². The number of ether oxygens (including phenoxy) is 1. The molecule has 0 bridgehead atoms. The lowest BCUT2D eigenvalue weighted by atomic mass is 9.82. The van der Waals surface area contributed by atoms with Gasteiger partial charge in [0.1, 0.15) is 5.75 Å².